The SMILES string of the molecule is Cc1cccc(C)c1-c1cc2nc(n1)NS(=O)c1cccc(c1)CCC(c1cnn(C)c1)[C@H](CCC(C)C)CO2. The molecule has 0 amide bonds. The highest BCUT2D eigenvalue weighted by Crippen LogP contribution is 2.35. The molecule has 0 spiro atoms. The molecule has 1 aliphatic heterocycles. The van der Waals surface area contributed by atoms with Gasteiger partial charge in [-0.2, -0.15) is 10.1 Å². The van der Waals surface area contributed by atoms with Crippen LogP contribution in [0.5, 0.6) is 5.88 Å². The Balaban J connectivity index is 1.60. The molecule has 2 aromatic heterocycles. The van der Waals surface area contributed by atoms with Crippen LogP contribution in [0.25, 0.3) is 11.3 Å². The smallest absolute Gasteiger partial charge is 0.238 e. The first-order chi connectivity index (χ1) is 19.3. The van der Waals surface area contributed by atoms with Crippen LogP contribution in [-0.2, 0) is 24.5 Å². The van der Waals surface area contributed by atoms with Crippen molar-refractivity contribution >= 4 is 16.9 Å². The number of fused-ring (bicyclic) bond motifs is 4. The van der Waals surface area contributed by atoms with Gasteiger partial charge in [-0.1, -0.05) is 50.6 Å². The highest BCUT2D eigenvalue weighted by Gasteiger charge is 2.26. The largest absolute Gasteiger partial charge is 0.477 e. The second-order valence-electron chi connectivity index (χ2n) is 11.3. The van der Waals surface area contributed by atoms with Gasteiger partial charge in [0, 0.05) is 30.8 Å². The molecule has 2 unspecified atom stereocenters. The van der Waals surface area contributed by atoms with Crippen LogP contribution in [0.3, 0.4) is 0 Å². The quantitative estimate of drug-likeness (QED) is 0.292. The van der Waals surface area contributed by atoms with Crippen molar-refractivity contribution in [1.29, 1.82) is 0 Å². The van der Waals surface area contributed by atoms with Gasteiger partial charge in [0.25, 0.3) is 0 Å². The number of hydrogen-bond donors (Lipinski definition) is 1. The Kier molecular flexibility index (Phi) is 8.64. The minimum atomic E-state index is -1.52. The van der Waals surface area contributed by atoms with Gasteiger partial charge in [0.2, 0.25) is 11.8 Å². The predicted molar refractivity (Wildman–Crippen MR) is 161 cm³/mol. The molecule has 1 aliphatic rings. The van der Waals surface area contributed by atoms with Crippen LogP contribution >= 0.6 is 0 Å². The molecule has 4 bridgehead atoms. The molecule has 0 saturated carbocycles. The number of aryl methyl sites for hydroxylation is 4. The summed E-state index contributed by atoms with van der Waals surface area (Å²) < 4.78 is 24.8. The van der Waals surface area contributed by atoms with Crippen LogP contribution in [-0.4, -0.2) is 30.6 Å². The molecule has 2 aromatic carbocycles. The van der Waals surface area contributed by atoms with E-state index < -0.39 is 11.0 Å². The molecule has 7 nitrogen and oxygen atoms in total. The van der Waals surface area contributed by atoms with Gasteiger partial charge >= 0.3 is 0 Å². The fourth-order valence-corrected chi connectivity index (χ4v) is 6.45. The van der Waals surface area contributed by atoms with Crippen LogP contribution < -0.4 is 9.46 Å². The van der Waals surface area contributed by atoms with E-state index in [9.17, 15) is 4.21 Å². The fourth-order valence-electron chi connectivity index (χ4n) is 5.62. The van der Waals surface area contributed by atoms with Gasteiger partial charge in [0.1, 0.15) is 0 Å². The second kappa shape index (κ2) is 12.3. The molecule has 3 atom stereocenters. The number of rotatable bonds is 5. The number of anilines is 1. The zero-order valence-corrected chi connectivity index (χ0v) is 24.9. The van der Waals surface area contributed by atoms with E-state index in [-0.39, 0.29) is 11.8 Å². The normalized spacial score (nSPS) is 19.5. The van der Waals surface area contributed by atoms with Gasteiger partial charge in [0.15, 0.2) is 11.0 Å². The van der Waals surface area contributed by atoms with Gasteiger partial charge < -0.3 is 4.74 Å². The summed E-state index contributed by atoms with van der Waals surface area (Å²) in [5.74, 6) is 1.92. The van der Waals surface area contributed by atoms with Crippen LogP contribution in [0, 0.1) is 25.7 Å². The Morgan fingerprint density at radius 2 is 1.88 bits per heavy atom. The van der Waals surface area contributed by atoms with Crippen molar-refractivity contribution in [1.82, 2.24) is 19.7 Å². The summed E-state index contributed by atoms with van der Waals surface area (Å²) in [7, 11) is 0.449. The van der Waals surface area contributed by atoms with Gasteiger partial charge in [-0.25, -0.2) is 9.19 Å². The Morgan fingerprint density at radius 3 is 2.60 bits per heavy atom. The molecule has 40 heavy (non-hydrogen) atoms. The molecule has 0 fully saturated rings. The lowest BCUT2D eigenvalue weighted by Crippen LogP contribution is -2.22. The molecule has 1 N–H and O–H groups in total. The van der Waals surface area contributed by atoms with E-state index in [1.54, 1.807) is 0 Å². The first kappa shape index (κ1) is 28.0. The van der Waals surface area contributed by atoms with Crippen molar-refractivity contribution in [3.8, 4) is 17.1 Å². The summed E-state index contributed by atoms with van der Waals surface area (Å²) in [6.07, 6.45) is 8.11. The average Bonchev–Trinajstić information content (AvgIpc) is 3.35. The molecule has 8 heteroatoms. The standard InChI is InChI=1S/C32H39N5O2S/c1-21(2)12-14-25-20-39-30-17-29(31-22(3)8-6-9-23(31)4)34-32(35-30)36-40(38)27-11-7-10-24(16-27)13-15-28(25)26-18-33-37(5)19-26/h6-11,16-19,21,25,28H,12-15,20H2,1-5H3,(H,34,35,36)/t25-,28?,40?/m1/s1. The Morgan fingerprint density at radius 1 is 1.10 bits per heavy atom. The monoisotopic (exact) mass is 557 g/mol. The second-order valence-corrected chi connectivity index (χ2v) is 12.5. The number of aromatic nitrogens is 4. The van der Waals surface area contributed by atoms with Gasteiger partial charge in [-0.15, -0.1) is 0 Å². The average molecular weight is 558 g/mol. The third-order valence-corrected chi connectivity index (χ3v) is 8.81. The van der Waals surface area contributed by atoms with E-state index in [0.717, 1.165) is 53.6 Å². The first-order valence-corrected chi connectivity index (χ1v) is 15.3. The van der Waals surface area contributed by atoms with Crippen molar-refractivity contribution in [3.05, 3.63) is 83.2 Å². The lowest BCUT2D eigenvalue weighted by atomic mass is 9.80. The van der Waals surface area contributed by atoms with Gasteiger partial charge in [0.05, 0.1) is 23.4 Å². The molecule has 3 heterocycles. The maximum Gasteiger partial charge on any atom is 0.238 e. The third kappa shape index (κ3) is 6.61. The first-order valence-electron chi connectivity index (χ1n) is 14.1. The van der Waals surface area contributed by atoms with E-state index in [2.05, 4.69) is 66.9 Å². The zero-order chi connectivity index (χ0) is 28.2. The van der Waals surface area contributed by atoms with Gasteiger partial charge in [-0.3, -0.25) is 9.40 Å². The number of nitrogens with one attached hydrogen (secondary N) is 1. The van der Waals surface area contributed by atoms with Crippen molar-refractivity contribution in [2.75, 3.05) is 11.3 Å². The Labute approximate surface area is 240 Å². The molecule has 4 aromatic rings. The summed E-state index contributed by atoms with van der Waals surface area (Å²) in [5.41, 5.74) is 6.41. The lowest BCUT2D eigenvalue weighted by Gasteiger charge is -2.28. The fraction of sp³-hybridized carbons (Fsp3) is 0.406. The van der Waals surface area contributed by atoms with E-state index in [1.807, 2.05) is 48.3 Å². The molecule has 210 valence electrons. The van der Waals surface area contributed by atoms with Crippen molar-refractivity contribution < 1.29 is 8.95 Å². The van der Waals surface area contributed by atoms with Crippen molar-refractivity contribution in [2.45, 2.75) is 64.2 Å². The Hall–Kier alpha value is -3.52. The summed E-state index contributed by atoms with van der Waals surface area (Å²) in [6, 6.07) is 16.1. The third-order valence-electron chi connectivity index (χ3n) is 7.76. The predicted octanol–water partition coefficient (Wildman–Crippen LogP) is 6.79. The highest BCUT2D eigenvalue weighted by molar-refractivity contribution is 7.86. The minimum Gasteiger partial charge on any atom is -0.477 e. The summed E-state index contributed by atoms with van der Waals surface area (Å²) in [6.45, 7) is 9.22. The summed E-state index contributed by atoms with van der Waals surface area (Å²) in [5, 5.41) is 4.50. The van der Waals surface area contributed by atoms with Gasteiger partial charge in [-0.05, 0) is 79.3 Å². The lowest BCUT2D eigenvalue weighted by molar-refractivity contribution is 0.197. The zero-order valence-electron chi connectivity index (χ0n) is 24.1. The molecular weight excluding hydrogens is 518 g/mol. The highest BCUT2D eigenvalue weighted by atomic mass is 32.2. The van der Waals surface area contributed by atoms with Crippen molar-refractivity contribution in [3.63, 3.8) is 0 Å². The number of nitrogens with zero attached hydrogens (tertiary/aromatic N) is 4. The molecular formula is C32H39N5O2S. The summed E-state index contributed by atoms with van der Waals surface area (Å²) in [4.78, 5) is 10.2. The van der Waals surface area contributed by atoms with E-state index >= 15 is 0 Å². The minimum absolute atomic E-state index is 0.266. The van der Waals surface area contributed by atoms with E-state index in [4.69, 9.17) is 9.72 Å². The summed E-state index contributed by atoms with van der Waals surface area (Å²) >= 11 is 0. The van der Waals surface area contributed by atoms with Crippen LogP contribution in [0.2, 0.25) is 0 Å². The molecule has 0 radical (unpaired) electrons. The number of ether oxygens (including phenoxy) is 1. The van der Waals surface area contributed by atoms with Crippen molar-refractivity contribution in [2.24, 2.45) is 18.9 Å². The molecule has 0 aliphatic carbocycles. The van der Waals surface area contributed by atoms with E-state index in [1.165, 1.54) is 5.56 Å². The molecule has 0 saturated heterocycles. The number of hydrogen-bond acceptors (Lipinski definition) is 5. The van der Waals surface area contributed by atoms with Crippen LogP contribution in [0.4, 0.5) is 5.95 Å². The maximum atomic E-state index is 13.4. The maximum absolute atomic E-state index is 13.4. The topological polar surface area (TPSA) is 81.9 Å². The molecule has 5 rings (SSSR count). The van der Waals surface area contributed by atoms with Crippen LogP contribution in [0.1, 0.15) is 61.3 Å². The van der Waals surface area contributed by atoms with Crippen LogP contribution in [0.15, 0.2) is 65.8 Å². The number of benzene rings is 2. The Bertz CT molecular complexity index is 1480. The van der Waals surface area contributed by atoms with E-state index in [0.29, 0.717) is 29.2 Å².